The Morgan fingerprint density at radius 2 is 2.00 bits per heavy atom. The van der Waals surface area contributed by atoms with Gasteiger partial charge in [0.05, 0.1) is 21.3 Å². The highest BCUT2D eigenvalue weighted by atomic mass is 35.5. The van der Waals surface area contributed by atoms with Crippen molar-refractivity contribution >= 4 is 40.5 Å². The van der Waals surface area contributed by atoms with Crippen molar-refractivity contribution in [2.75, 3.05) is 11.1 Å². The third kappa shape index (κ3) is 3.14. The smallest absolute Gasteiger partial charge is 0.166 e. The summed E-state index contributed by atoms with van der Waals surface area (Å²) in [5, 5.41) is 8.53. The fourth-order valence-electron chi connectivity index (χ4n) is 2.58. The molecular formula is C17H19Cl2N7. The summed E-state index contributed by atoms with van der Waals surface area (Å²) in [4.78, 5) is 12.9. The second-order valence-corrected chi connectivity index (χ2v) is 6.35. The second-order valence-electron chi connectivity index (χ2n) is 5.54. The fourth-order valence-corrected chi connectivity index (χ4v) is 2.90. The number of nitrogens with one attached hydrogen (secondary N) is 1. The molecule has 0 spiro atoms. The average molecular weight is 392 g/mol. The van der Waals surface area contributed by atoms with Crippen LogP contribution in [0.5, 0.6) is 0 Å². The SMILES string of the molecule is Nc1nn2cccnc2c1-c1cc(NCc2ccc(Cl)c(Cl)c2)ncn1.[HH].[HH].[HH]. The highest BCUT2D eigenvalue weighted by Crippen LogP contribution is 2.28. The van der Waals surface area contributed by atoms with Crippen molar-refractivity contribution in [1.29, 1.82) is 0 Å². The van der Waals surface area contributed by atoms with E-state index in [9.17, 15) is 0 Å². The number of hydrogen-bond acceptors (Lipinski definition) is 6. The van der Waals surface area contributed by atoms with Crippen molar-refractivity contribution in [3.63, 3.8) is 0 Å². The molecule has 3 N–H and O–H groups in total. The molecule has 3 aromatic heterocycles. The lowest BCUT2D eigenvalue weighted by Crippen LogP contribution is -2.02. The topological polar surface area (TPSA) is 94.0 Å². The maximum absolute atomic E-state index is 6.05. The standard InChI is InChI=1S/C17H13Cl2N7.3H2/c18-11-3-2-10(6-12(11)19)8-22-14-7-13(23-9-24-14)15-16(20)25-26-5-1-4-21-17(15)26;;;/h1-7,9H,8H2,(H2,20,25)(H,22,23,24);3*1H. The first kappa shape index (κ1) is 16.6. The first-order valence-electron chi connectivity index (χ1n) is 7.71. The van der Waals surface area contributed by atoms with Crippen molar-refractivity contribution in [3.8, 4) is 11.3 Å². The fraction of sp³-hybridized carbons (Fsp3) is 0.0588. The monoisotopic (exact) mass is 391 g/mol. The highest BCUT2D eigenvalue weighted by molar-refractivity contribution is 6.42. The van der Waals surface area contributed by atoms with Crippen LogP contribution in [0.25, 0.3) is 16.9 Å². The van der Waals surface area contributed by atoms with Crippen LogP contribution in [0, 0.1) is 0 Å². The number of hydrogen-bond donors (Lipinski definition) is 2. The number of rotatable bonds is 4. The van der Waals surface area contributed by atoms with Gasteiger partial charge in [-0.2, -0.15) is 0 Å². The number of nitrogen functional groups attached to an aromatic ring is 1. The van der Waals surface area contributed by atoms with Gasteiger partial charge in [0.25, 0.3) is 0 Å². The summed E-state index contributed by atoms with van der Waals surface area (Å²) in [5.74, 6) is 1.01. The summed E-state index contributed by atoms with van der Waals surface area (Å²) in [6.45, 7) is 0.538. The third-order valence-electron chi connectivity index (χ3n) is 3.80. The van der Waals surface area contributed by atoms with E-state index in [-0.39, 0.29) is 4.28 Å². The largest absolute Gasteiger partial charge is 0.382 e. The summed E-state index contributed by atoms with van der Waals surface area (Å²) < 4.78 is 1.62. The van der Waals surface area contributed by atoms with Crippen molar-refractivity contribution in [2.24, 2.45) is 0 Å². The first-order valence-corrected chi connectivity index (χ1v) is 8.46. The molecule has 4 rings (SSSR count). The van der Waals surface area contributed by atoms with Crippen LogP contribution < -0.4 is 11.1 Å². The molecule has 0 atom stereocenters. The van der Waals surface area contributed by atoms with Crippen LogP contribution in [0.1, 0.15) is 9.84 Å². The van der Waals surface area contributed by atoms with Gasteiger partial charge >= 0.3 is 0 Å². The molecule has 3 heterocycles. The van der Waals surface area contributed by atoms with Crippen molar-refractivity contribution < 1.29 is 4.28 Å². The van der Waals surface area contributed by atoms with E-state index in [4.69, 9.17) is 28.9 Å². The lowest BCUT2D eigenvalue weighted by Gasteiger charge is -2.08. The van der Waals surface area contributed by atoms with Crippen LogP contribution in [0.3, 0.4) is 0 Å². The van der Waals surface area contributed by atoms with Crippen molar-refractivity contribution in [3.05, 3.63) is 64.7 Å². The molecule has 0 aliphatic carbocycles. The quantitative estimate of drug-likeness (QED) is 0.534. The Morgan fingerprint density at radius 3 is 2.85 bits per heavy atom. The Kier molecular flexibility index (Phi) is 4.32. The molecule has 7 nitrogen and oxygen atoms in total. The van der Waals surface area contributed by atoms with E-state index in [0.717, 1.165) is 5.56 Å². The van der Waals surface area contributed by atoms with E-state index in [1.807, 2.05) is 12.1 Å². The van der Waals surface area contributed by atoms with Gasteiger partial charge in [0.15, 0.2) is 11.5 Å². The van der Waals surface area contributed by atoms with Gasteiger partial charge in [0, 0.05) is 29.3 Å². The number of nitrogens with two attached hydrogens (primary N) is 1. The second kappa shape index (κ2) is 6.78. The van der Waals surface area contributed by atoms with Crippen LogP contribution in [0.15, 0.2) is 49.1 Å². The van der Waals surface area contributed by atoms with Crippen LogP contribution in [-0.4, -0.2) is 24.6 Å². The van der Waals surface area contributed by atoms with Gasteiger partial charge in [-0.3, -0.25) is 0 Å². The van der Waals surface area contributed by atoms with Gasteiger partial charge in [-0.05, 0) is 23.8 Å². The summed E-state index contributed by atoms with van der Waals surface area (Å²) >= 11 is 12.0. The summed E-state index contributed by atoms with van der Waals surface area (Å²) in [5.41, 5.74) is 8.99. The predicted molar refractivity (Wildman–Crippen MR) is 109 cm³/mol. The van der Waals surface area contributed by atoms with Gasteiger partial charge < -0.3 is 11.1 Å². The van der Waals surface area contributed by atoms with Gasteiger partial charge in [-0.1, -0.05) is 29.3 Å². The number of halogens is 2. The maximum Gasteiger partial charge on any atom is 0.166 e. The molecule has 1 aromatic carbocycles. The molecule has 0 unspecified atom stereocenters. The molecular weight excluding hydrogens is 373 g/mol. The summed E-state index contributed by atoms with van der Waals surface area (Å²) in [7, 11) is 0. The zero-order valence-corrected chi connectivity index (χ0v) is 14.9. The molecule has 0 amide bonds. The number of nitrogens with zero attached hydrogens (tertiary/aromatic N) is 5. The van der Waals surface area contributed by atoms with Gasteiger partial charge in [0.1, 0.15) is 12.1 Å². The minimum absolute atomic E-state index is 0. The van der Waals surface area contributed by atoms with E-state index in [0.29, 0.717) is 45.1 Å². The molecule has 0 bridgehead atoms. The van der Waals surface area contributed by atoms with Crippen LogP contribution in [-0.2, 0) is 6.54 Å². The van der Waals surface area contributed by atoms with Crippen LogP contribution in [0.2, 0.25) is 10.0 Å². The molecule has 0 aliphatic heterocycles. The van der Waals surface area contributed by atoms with E-state index in [1.54, 1.807) is 35.1 Å². The highest BCUT2D eigenvalue weighted by Gasteiger charge is 2.15. The van der Waals surface area contributed by atoms with Gasteiger partial charge in [-0.15, -0.1) is 5.10 Å². The zero-order valence-electron chi connectivity index (χ0n) is 13.4. The Balaban J connectivity index is 0.00000140. The molecule has 0 aliphatic rings. The van der Waals surface area contributed by atoms with E-state index in [1.165, 1.54) is 6.33 Å². The molecule has 136 valence electrons. The minimum atomic E-state index is 0. The number of aromatic nitrogens is 5. The Morgan fingerprint density at radius 1 is 1.12 bits per heavy atom. The normalized spacial score (nSPS) is 11.0. The first-order chi connectivity index (χ1) is 12.6. The van der Waals surface area contributed by atoms with Crippen LogP contribution in [0.4, 0.5) is 11.6 Å². The zero-order chi connectivity index (χ0) is 18.1. The lowest BCUT2D eigenvalue weighted by atomic mass is 10.2. The van der Waals surface area contributed by atoms with Crippen LogP contribution >= 0.6 is 23.2 Å². The maximum atomic E-state index is 6.05. The Labute approximate surface area is 163 Å². The predicted octanol–water partition coefficient (Wildman–Crippen LogP) is 4.43. The molecule has 0 saturated heterocycles. The van der Waals surface area contributed by atoms with Gasteiger partial charge in [0.2, 0.25) is 0 Å². The third-order valence-corrected chi connectivity index (χ3v) is 4.54. The van der Waals surface area contributed by atoms with E-state index >= 15 is 0 Å². The van der Waals surface area contributed by atoms with E-state index in [2.05, 4.69) is 25.4 Å². The average Bonchev–Trinajstić information content (AvgIpc) is 2.98. The number of anilines is 2. The molecule has 0 radical (unpaired) electrons. The number of fused-ring (bicyclic) bond motifs is 1. The van der Waals surface area contributed by atoms with Crippen molar-refractivity contribution in [1.82, 2.24) is 24.6 Å². The summed E-state index contributed by atoms with van der Waals surface area (Å²) in [6.07, 6.45) is 4.94. The van der Waals surface area contributed by atoms with Crippen molar-refractivity contribution in [2.45, 2.75) is 6.54 Å². The molecule has 26 heavy (non-hydrogen) atoms. The molecule has 0 fully saturated rings. The lowest BCUT2D eigenvalue weighted by molar-refractivity contribution is 0.945. The minimum Gasteiger partial charge on any atom is -0.382 e. The Hall–Kier alpha value is -2.90. The van der Waals surface area contributed by atoms with E-state index < -0.39 is 0 Å². The molecule has 9 heteroatoms. The molecule has 4 aromatic rings. The Bertz CT molecular complexity index is 1110. The number of benzene rings is 1. The van der Waals surface area contributed by atoms with Gasteiger partial charge in [-0.25, -0.2) is 19.5 Å². The summed E-state index contributed by atoms with van der Waals surface area (Å²) in [6, 6.07) is 9.06. The molecule has 0 saturated carbocycles.